The van der Waals surface area contributed by atoms with Gasteiger partial charge in [0.2, 0.25) is 0 Å². The van der Waals surface area contributed by atoms with Gasteiger partial charge in [0.25, 0.3) is 11.8 Å². The Kier molecular flexibility index (Phi) is 8.05. The molecule has 1 fully saturated rings. The van der Waals surface area contributed by atoms with Crippen molar-refractivity contribution in [2.45, 2.75) is 31.3 Å². The fraction of sp³-hybridized carbons (Fsp3) is 0.250. The number of rotatable bonds is 1. The van der Waals surface area contributed by atoms with Gasteiger partial charge < -0.3 is 25.0 Å². The smallest absolute Gasteiger partial charge is 0.419 e. The van der Waals surface area contributed by atoms with Gasteiger partial charge in [-0.2, -0.15) is 13.2 Å². The van der Waals surface area contributed by atoms with E-state index in [4.69, 9.17) is 9.47 Å². The van der Waals surface area contributed by atoms with Gasteiger partial charge in [-0.3, -0.25) is 14.6 Å². The van der Waals surface area contributed by atoms with Crippen molar-refractivity contribution in [3.63, 3.8) is 0 Å². The van der Waals surface area contributed by atoms with E-state index >= 15 is 0 Å². The van der Waals surface area contributed by atoms with Crippen molar-refractivity contribution in [3.8, 4) is 22.6 Å². The number of ether oxygens (including phenoxy) is 2. The van der Waals surface area contributed by atoms with Gasteiger partial charge in [-0.1, -0.05) is 24.3 Å². The van der Waals surface area contributed by atoms with Crippen molar-refractivity contribution in [1.29, 1.82) is 0 Å². The van der Waals surface area contributed by atoms with Crippen LogP contribution >= 0.6 is 0 Å². The van der Waals surface area contributed by atoms with Crippen LogP contribution < -0.4 is 25.0 Å². The Balaban J connectivity index is 1.34. The third-order valence-electron chi connectivity index (χ3n) is 7.50. The van der Waals surface area contributed by atoms with E-state index in [2.05, 4.69) is 20.6 Å². The van der Waals surface area contributed by atoms with Crippen molar-refractivity contribution in [1.82, 2.24) is 20.6 Å². The molecule has 0 saturated carbocycles. The molecule has 2 amide bonds. The van der Waals surface area contributed by atoms with Crippen molar-refractivity contribution >= 4 is 17.6 Å². The number of hydrogen-bond acceptors (Lipinski definition) is 7. The number of carbonyl (C=O) groups excluding carboxylic acids is 2. The number of fused-ring (bicyclic) bond motifs is 7. The first-order valence-corrected chi connectivity index (χ1v) is 14.0. The minimum atomic E-state index is -4.59. The maximum atomic E-state index is 13.8. The fourth-order valence-electron chi connectivity index (χ4n) is 5.27. The highest BCUT2D eigenvalue weighted by atomic mass is 19.4. The second-order valence-corrected chi connectivity index (χ2v) is 10.5. The Labute approximate surface area is 251 Å². The van der Waals surface area contributed by atoms with Crippen LogP contribution in [0.2, 0.25) is 0 Å². The lowest BCUT2D eigenvalue weighted by atomic mass is 10.00. The topological polar surface area (TPSA) is 106 Å². The number of alkyl halides is 3. The predicted octanol–water partition coefficient (Wildman–Crippen LogP) is 4.63. The van der Waals surface area contributed by atoms with Gasteiger partial charge >= 0.3 is 6.18 Å². The van der Waals surface area contributed by atoms with E-state index < -0.39 is 29.8 Å². The molecule has 0 spiro atoms. The highest BCUT2D eigenvalue weighted by Gasteiger charge is 2.39. The second kappa shape index (κ2) is 12.2. The number of anilines is 1. The molecule has 12 heteroatoms. The molecule has 2 aromatic carbocycles. The Bertz CT molecular complexity index is 1660. The molecule has 3 aliphatic rings. The van der Waals surface area contributed by atoms with Crippen LogP contribution in [0, 0.1) is 0 Å². The molecule has 3 aliphatic heterocycles. The quantitative estimate of drug-likeness (QED) is 0.327. The molecule has 0 radical (unpaired) electrons. The molecule has 2 aromatic heterocycles. The van der Waals surface area contributed by atoms with E-state index in [9.17, 15) is 22.8 Å². The zero-order chi connectivity index (χ0) is 30.7. The van der Waals surface area contributed by atoms with Crippen molar-refractivity contribution in [2.24, 2.45) is 0 Å². The first kappa shape index (κ1) is 29.0. The van der Waals surface area contributed by atoms with Gasteiger partial charge in [-0.05, 0) is 53.6 Å². The molecular weight excluding hydrogens is 575 g/mol. The molecule has 6 bridgehead atoms. The predicted molar refractivity (Wildman–Crippen MR) is 155 cm³/mol. The highest BCUT2D eigenvalue weighted by molar-refractivity contribution is 5.95. The van der Waals surface area contributed by atoms with Gasteiger partial charge in [-0.15, -0.1) is 0 Å². The summed E-state index contributed by atoms with van der Waals surface area (Å²) in [6, 6.07) is 17.4. The number of carbonyl (C=O) groups is 2. The average Bonchev–Trinajstić information content (AvgIpc) is 3.03. The van der Waals surface area contributed by atoms with E-state index in [-0.39, 0.29) is 43.5 Å². The van der Waals surface area contributed by atoms with E-state index in [1.165, 1.54) is 23.4 Å². The van der Waals surface area contributed by atoms with E-state index in [0.29, 0.717) is 23.5 Å². The normalized spacial score (nSPS) is 19.1. The molecule has 44 heavy (non-hydrogen) atoms. The summed E-state index contributed by atoms with van der Waals surface area (Å²) in [5, 5.41) is 5.81. The minimum absolute atomic E-state index is 0.0348. The zero-order valence-corrected chi connectivity index (χ0v) is 23.4. The summed E-state index contributed by atoms with van der Waals surface area (Å²) in [6.45, 7) is 0.377. The minimum Gasteiger partial charge on any atom is -0.488 e. The number of pyridine rings is 2. The summed E-state index contributed by atoms with van der Waals surface area (Å²) >= 11 is 0. The lowest BCUT2D eigenvalue weighted by Crippen LogP contribution is -2.57. The summed E-state index contributed by atoms with van der Waals surface area (Å²) in [7, 11) is 0. The molecule has 226 valence electrons. The number of piperidine rings is 1. The molecule has 1 saturated heterocycles. The van der Waals surface area contributed by atoms with Crippen molar-refractivity contribution in [2.75, 3.05) is 24.6 Å². The molecule has 0 aliphatic carbocycles. The van der Waals surface area contributed by atoms with Gasteiger partial charge in [-0.25, -0.2) is 4.98 Å². The first-order valence-electron chi connectivity index (χ1n) is 14.0. The standard InChI is InChI=1S/C32H28F3N5O4/c33-32(34,35)26-5-2-11-37-30(26)40-12-10-28-27(18-40)39-31(42)23-13-22(16-36-17-23)21-3-1-4-25(14-21)43-19-29(41)38-15-20-6-8-24(44-28)9-7-20/h1-9,11,13-14,16-17,27-28H,10,12,15,18-19H2,(H,38,41)(H,39,42)/t27-,28+/m1/s1. The second-order valence-electron chi connectivity index (χ2n) is 10.5. The number of hydrogen-bond donors (Lipinski definition) is 2. The van der Waals surface area contributed by atoms with Crippen LogP contribution in [0.25, 0.3) is 11.1 Å². The van der Waals surface area contributed by atoms with E-state index in [0.717, 1.165) is 17.2 Å². The largest absolute Gasteiger partial charge is 0.488 e. The summed E-state index contributed by atoms with van der Waals surface area (Å²) in [5.41, 5.74) is 1.62. The number of benzene rings is 2. The van der Waals surface area contributed by atoms with Crippen LogP contribution in [-0.4, -0.2) is 53.6 Å². The molecule has 2 atom stereocenters. The molecule has 7 rings (SSSR count). The van der Waals surface area contributed by atoms with Crippen LogP contribution in [0.15, 0.2) is 85.3 Å². The van der Waals surface area contributed by atoms with Crippen molar-refractivity contribution < 1.29 is 32.2 Å². The molecule has 9 nitrogen and oxygen atoms in total. The Morgan fingerprint density at radius 3 is 2.55 bits per heavy atom. The lowest BCUT2D eigenvalue weighted by molar-refractivity contribution is -0.137. The van der Waals surface area contributed by atoms with E-state index in [1.54, 1.807) is 42.6 Å². The average molecular weight is 604 g/mol. The molecular formula is C32H28F3N5O4. The highest BCUT2D eigenvalue weighted by Crippen LogP contribution is 2.36. The maximum Gasteiger partial charge on any atom is 0.419 e. The van der Waals surface area contributed by atoms with Crippen molar-refractivity contribution in [3.05, 3.63) is 102 Å². The Morgan fingerprint density at radius 1 is 0.909 bits per heavy atom. The number of nitrogens with one attached hydrogen (secondary N) is 2. The van der Waals surface area contributed by atoms with Gasteiger partial charge in [0, 0.05) is 50.2 Å². The number of halogens is 3. The monoisotopic (exact) mass is 603 g/mol. The van der Waals surface area contributed by atoms with Crippen LogP contribution in [0.1, 0.15) is 27.9 Å². The lowest BCUT2D eigenvalue weighted by Gasteiger charge is -2.40. The molecule has 4 aromatic rings. The Morgan fingerprint density at radius 2 is 1.73 bits per heavy atom. The van der Waals surface area contributed by atoms with Crippen LogP contribution in [0.5, 0.6) is 11.5 Å². The third kappa shape index (κ3) is 6.59. The molecule has 5 heterocycles. The zero-order valence-electron chi connectivity index (χ0n) is 23.4. The van der Waals surface area contributed by atoms with E-state index in [1.807, 2.05) is 18.2 Å². The molecule has 0 unspecified atom stereocenters. The summed E-state index contributed by atoms with van der Waals surface area (Å²) in [6.07, 6.45) is -0.472. The summed E-state index contributed by atoms with van der Waals surface area (Å²) in [5.74, 6) is 0.0523. The number of aromatic nitrogens is 2. The maximum absolute atomic E-state index is 13.8. The van der Waals surface area contributed by atoms with Crippen LogP contribution in [-0.2, 0) is 17.5 Å². The van der Waals surface area contributed by atoms with Gasteiger partial charge in [0.05, 0.1) is 17.2 Å². The summed E-state index contributed by atoms with van der Waals surface area (Å²) < 4.78 is 53.5. The SMILES string of the molecule is O=C1COc2cccc(c2)-c2cncc(c2)C(=O)N[C@@H]2CN(c3ncccc3C(F)(F)F)CC[C@@H]2Oc2ccc(cc2)CN1. The fourth-order valence-corrected chi connectivity index (χ4v) is 5.27. The van der Waals surface area contributed by atoms with Crippen LogP contribution in [0.4, 0.5) is 19.0 Å². The van der Waals surface area contributed by atoms with Crippen LogP contribution in [0.3, 0.4) is 0 Å². The first-order chi connectivity index (χ1) is 21.2. The molecule has 2 N–H and O–H groups in total. The summed E-state index contributed by atoms with van der Waals surface area (Å²) in [4.78, 5) is 35.8. The number of amides is 2. The third-order valence-corrected chi connectivity index (χ3v) is 7.50. The Hall–Kier alpha value is -5.13. The van der Waals surface area contributed by atoms with Gasteiger partial charge in [0.15, 0.2) is 6.61 Å². The number of nitrogens with zero attached hydrogens (tertiary/aromatic N) is 3. The van der Waals surface area contributed by atoms with Gasteiger partial charge in [0.1, 0.15) is 23.4 Å².